The van der Waals surface area contributed by atoms with E-state index < -0.39 is 17.3 Å². The van der Waals surface area contributed by atoms with Crippen LogP contribution in [0, 0.1) is 11.8 Å². The minimum Gasteiger partial charge on any atom is -0.378 e. The second kappa shape index (κ2) is 10.1. The van der Waals surface area contributed by atoms with E-state index in [4.69, 9.17) is 5.73 Å². The smallest absolute Gasteiger partial charge is 0.378 e. The highest BCUT2D eigenvalue weighted by Gasteiger charge is 2.32. The molecule has 1 aliphatic rings. The first-order valence-electron chi connectivity index (χ1n) is 11.9. The van der Waals surface area contributed by atoms with Crippen LogP contribution in [0.4, 0.5) is 18.3 Å². The predicted molar refractivity (Wildman–Crippen MR) is 140 cm³/mol. The lowest BCUT2D eigenvalue weighted by atomic mass is 9.81. The number of aliphatic hydroxyl groups is 1. The van der Waals surface area contributed by atoms with Crippen molar-refractivity contribution in [2.75, 3.05) is 11.9 Å². The van der Waals surface area contributed by atoms with Crippen molar-refractivity contribution >= 4 is 27.2 Å². The molecule has 2 aromatic carbocycles. The molecule has 0 unspecified atom stereocenters. The lowest BCUT2D eigenvalue weighted by Crippen LogP contribution is -2.34. The maximum atomic E-state index is 12.8. The Morgan fingerprint density at radius 3 is 2.59 bits per heavy atom. The number of aromatic nitrogens is 2. The number of alkyl halides is 3. The standard InChI is InChI=1S/C28H25F3N4OS/c29-28(30,31)22-6-2-18(3-7-22)14-23(32)17-34-26-35-24(8-12-27(36)10-1-11-27)25(37-26)20-4-5-21-16-33-13-9-19(21)15-20/h2-7,9,13,15-16,23,36H,1,10-11,14,17,32H2,(H,34,35)/t23-/m1/s1. The van der Waals surface area contributed by atoms with Gasteiger partial charge in [-0.1, -0.05) is 41.5 Å². The molecule has 0 spiro atoms. The van der Waals surface area contributed by atoms with Crippen LogP contribution in [0.25, 0.3) is 21.2 Å². The fourth-order valence-electron chi connectivity index (χ4n) is 4.14. The van der Waals surface area contributed by atoms with Crippen LogP contribution in [-0.2, 0) is 12.6 Å². The SMILES string of the molecule is N[C@@H](CNc1nc(C#CC2(O)CCC2)c(-c2ccc3cnccc3c2)s1)Cc1ccc(C(F)(F)F)cc1. The Kier molecular flexibility index (Phi) is 6.90. The molecule has 0 saturated heterocycles. The number of nitrogens with zero attached hydrogens (tertiary/aromatic N) is 2. The number of pyridine rings is 1. The van der Waals surface area contributed by atoms with Crippen molar-refractivity contribution in [3.63, 3.8) is 0 Å². The van der Waals surface area contributed by atoms with E-state index >= 15 is 0 Å². The number of rotatable bonds is 6. The molecule has 9 heteroatoms. The molecule has 4 aromatic rings. The van der Waals surface area contributed by atoms with Crippen LogP contribution in [0.15, 0.2) is 60.9 Å². The molecule has 37 heavy (non-hydrogen) atoms. The second-order valence-electron chi connectivity index (χ2n) is 9.31. The highest BCUT2D eigenvalue weighted by molar-refractivity contribution is 7.19. The van der Waals surface area contributed by atoms with Gasteiger partial charge < -0.3 is 16.2 Å². The third-order valence-electron chi connectivity index (χ3n) is 6.42. The summed E-state index contributed by atoms with van der Waals surface area (Å²) in [5, 5.41) is 16.4. The summed E-state index contributed by atoms with van der Waals surface area (Å²) in [5.41, 5.74) is 6.91. The van der Waals surface area contributed by atoms with Gasteiger partial charge in [0.2, 0.25) is 0 Å². The third-order valence-corrected chi connectivity index (χ3v) is 7.48. The highest BCUT2D eigenvalue weighted by Crippen LogP contribution is 2.36. The van der Waals surface area contributed by atoms with Gasteiger partial charge in [0.15, 0.2) is 5.13 Å². The molecular weight excluding hydrogens is 497 g/mol. The van der Waals surface area contributed by atoms with Gasteiger partial charge in [-0.3, -0.25) is 4.98 Å². The van der Waals surface area contributed by atoms with Gasteiger partial charge in [0.25, 0.3) is 0 Å². The fraction of sp³-hybridized carbons (Fsp3) is 0.286. The molecule has 5 nitrogen and oxygen atoms in total. The first kappa shape index (κ1) is 25.2. The Morgan fingerprint density at radius 1 is 1.11 bits per heavy atom. The third kappa shape index (κ3) is 5.93. The van der Waals surface area contributed by atoms with E-state index in [0.717, 1.165) is 45.3 Å². The zero-order valence-electron chi connectivity index (χ0n) is 19.8. The van der Waals surface area contributed by atoms with Gasteiger partial charge in [0, 0.05) is 30.4 Å². The fourth-order valence-corrected chi connectivity index (χ4v) is 5.06. The summed E-state index contributed by atoms with van der Waals surface area (Å²) in [6.07, 6.45) is 1.89. The van der Waals surface area contributed by atoms with Gasteiger partial charge in [-0.25, -0.2) is 4.98 Å². The lowest BCUT2D eigenvalue weighted by Gasteiger charge is -2.30. The van der Waals surface area contributed by atoms with Gasteiger partial charge in [0.1, 0.15) is 11.3 Å². The molecule has 1 fully saturated rings. The van der Waals surface area contributed by atoms with Crippen molar-refractivity contribution in [1.29, 1.82) is 0 Å². The second-order valence-corrected chi connectivity index (χ2v) is 10.3. The topological polar surface area (TPSA) is 84.1 Å². The minimum absolute atomic E-state index is 0.331. The van der Waals surface area contributed by atoms with Gasteiger partial charge >= 0.3 is 6.18 Å². The van der Waals surface area contributed by atoms with E-state index in [2.05, 4.69) is 33.2 Å². The number of nitrogens with two attached hydrogens (primary N) is 1. The summed E-state index contributed by atoms with van der Waals surface area (Å²) in [5.74, 6) is 6.08. The molecule has 1 atom stereocenters. The van der Waals surface area contributed by atoms with E-state index in [1.54, 1.807) is 6.20 Å². The molecule has 0 radical (unpaired) electrons. The van der Waals surface area contributed by atoms with Crippen LogP contribution in [0.1, 0.15) is 36.1 Å². The van der Waals surface area contributed by atoms with Crippen molar-refractivity contribution < 1.29 is 18.3 Å². The first-order valence-corrected chi connectivity index (χ1v) is 12.8. The van der Waals surface area contributed by atoms with Crippen molar-refractivity contribution in [3.05, 3.63) is 77.7 Å². The molecule has 2 heterocycles. The Hall–Kier alpha value is -3.45. The van der Waals surface area contributed by atoms with Gasteiger partial charge in [-0.2, -0.15) is 13.2 Å². The molecule has 0 bridgehead atoms. The summed E-state index contributed by atoms with van der Waals surface area (Å²) in [6, 6.07) is 12.7. The molecule has 4 N–H and O–H groups in total. The summed E-state index contributed by atoms with van der Waals surface area (Å²) in [7, 11) is 0. The molecule has 190 valence electrons. The van der Waals surface area contributed by atoms with E-state index in [1.165, 1.54) is 23.5 Å². The van der Waals surface area contributed by atoms with Crippen molar-refractivity contribution in [2.45, 2.75) is 43.5 Å². The van der Waals surface area contributed by atoms with E-state index in [9.17, 15) is 18.3 Å². The van der Waals surface area contributed by atoms with E-state index in [1.807, 2.05) is 24.4 Å². The molecule has 2 aromatic heterocycles. The molecule has 0 amide bonds. The normalized spacial score (nSPS) is 15.5. The zero-order chi connectivity index (χ0) is 26.0. The van der Waals surface area contributed by atoms with Crippen LogP contribution in [0.3, 0.4) is 0 Å². The summed E-state index contributed by atoms with van der Waals surface area (Å²) >= 11 is 1.45. The number of hydrogen-bond donors (Lipinski definition) is 3. The average Bonchev–Trinajstić information content (AvgIpc) is 3.28. The highest BCUT2D eigenvalue weighted by atomic mass is 32.1. The number of anilines is 1. The van der Waals surface area contributed by atoms with Crippen molar-refractivity contribution in [1.82, 2.24) is 9.97 Å². The minimum atomic E-state index is -4.36. The van der Waals surface area contributed by atoms with Gasteiger partial charge in [0.05, 0.1) is 10.4 Å². The summed E-state index contributed by atoms with van der Waals surface area (Å²) in [4.78, 5) is 9.72. The molecule has 5 rings (SSSR count). The summed E-state index contributed by atoms with van der Waals surface area (Å²) < 4.78 is 38.4. The number of hydrogen-bond acceptors (Lipinski definition) is 6. The Labute approximate surface area is 216 Å². The predicted octanol–water partition coefficient (Wildman–Crippen LogP) is 5.63. The Morgan fingerprint density at radius 2 is 1.89 bits per heavy atom. The Bertz CT molecular complexity index is 1470. The zero-order valence-corrected chi connectivity index (χ0v) is 20.7. The maximum Gasteiger partial charge on any atom is 0.416 e. The van der Waals surface area contributed by atoms with Crippen LogP contribution in [-0.4, -0.2) is 33.3 Å². The average molecular weight is 523 g/mol. The quantitative estimate of drug-likeness (QED) is 0.286. The maximum absolute atomic E-state index is 12.8. The van der Waals surface area contributed by atoms with Crippen LogP contribution in [0.2, 0.25) is 0 Å². The monoisotopic (exact) mass is 522 g/mol. The molecule has 1 saturated carbocycles. The number of fused-ring (bicyclic) bond motifs is 1. The number of halogens is 3. The van der Waals surface area contributed by atoms with Crippen molar-refractivity contribution in [2.24, 2.45) is 5.73 Å². The number of nitrogens with one attached hydrogen (secondary N) is 1. The molecule has 0 aliphatic heterocycles. The van der Waals surface area contributed by atoms with E-state index in [-0.39, 0.29) is 6.04 Å². The van der Waals surface area contributed by atoms with Crippen molar-refractivity contribution in [3.8, 4) is 22.3 Å². The Balaban J connectivity index is 1.34. The summed E-state index contributed by atoms with van der Waals surface area (Å²) in [6.45, 7) is 0.383. The van der Waals surface area contributed by atoms with E-state index in [0.29, 0.717) is 36.6 Å². The number of thiazole rings is 1. The van der Waals surface area contributed by atoms with Gasteiger partial charge in [-0.15, -0.1) is 0 Å². The van der Waals surface area contributed by atoms with Crippen LogP contribution >= 0.6 is 11.3 Å². The lowest BCUT2D eigenvalue weighted by molar-refractivity contribution is -0.137. The molecular formula is C28H25F3N4OS. The first-order chi connectivity index (χ1) is 17.7. The number of benzene rings is 2. The van der Waals surface area contributed by atoms with Crippen LogP contribution < -0.4 is 11.1 Å². The molecule has 1 aliphatic carbocycles. The van der Waals surface area contributed by atoms with Gasteiger partial charge in [-0.05, 0) is 72.4 Å². The van der Waals surface area contributed by atoms with Crippen LogP contribution in [0.5, 0.6) is 0 Å². The largest absolute Gasteiger partial charge is 0.416 e.